The molecule has 0 amide bonds. The lowest BCUT2D eigenvalue weighted by molar-refractivity contribution is 0.00977. The SMILES string of the molecule is CCOc1cccc(OC(C)(CC)CCCOc2cccc(OCCCOc3cccc(OC(CC)(CC)CC(C)O)c3)c2)c1.CO. The van der Waals surface area contributed by atoms with Gasteiger partial charge in [0.25, 0.3) is 0 Å². The van der Waals surface area contributed by atoms with E-state index in [-0.39, 0.29) is 11.2 Å². The second kappa shape index (κ2) is 21.3. The van der Waals surface area contributed by atoms with Gasteiger partial charge in [0.15, 0.2) is 0 Å². The van der Waals surface area contributed by atoms with E-state index in [1.165, 1.54) is 0 Å². The predicted molar refractivity (Wildman–Crippen MR) is 189 cm³/mol. The van der Waals surface area contributed by atoms with Crippen LogP contribution < -0.4 is 28.4 Å². The van der Waals surface area contributed by atoms with Crippen LogP contribution >= 0.6 is 0 Å². The first-order chi connectivity index (χ1) is 22.7. The normalized spacial score (nSPS) is 13.0. The quantitative estimate of drug-likeness (QED) is 0.104. The largest absolute Gasteiger partial charge is 0.494 e. The van der Waals surface area contributed by atoms with Crippen LogP contribution in [-0.4, -0.2) is 61.1 Å². The zero-order valence-corrected chi connectivity index (χ0v) is 29.6. The fraction of sp³-hybridized carbons (Fsp3) is 0.538. The minimum absolute atomic E-state index is 0.288. The Morgan fingerprint density at radius 2 is 1.02 bits per heavy atom. The molecule has 0 aliphatic rings. The molecule has 2 unspecified atom stereocenters. The topological polar surface area (TPSA) is 95.8 Å². The lowest BCUT2D eigenvalue weighted by Gasteiger charge is -2.34. The van der Waals surface area contributed by atoms with Gasteiger partial charge >= 0.3 is 0 Å². The van der Waals surface area contributed by atoms with Crippen LogP contribution in [0.4, 0.5) is 0 Å². The summed E-state index contributed by atoms with van der Waals surface area (Å²) >= 11 is 0. The number of aliphatic hydroxyl groups is 2. The Labute approximate surface area is 282 Å². The van der Waals surface area contributed by atoms with E-state index < -0.39 is 6.10 Å². The average molecular weight is 655 g/mol. The van der Waals surface area contributed by atoms with Gasteiger partial charge < -0.3 is 38.6 Å². The predicted octanol–water partition coefficient (Wildman–Crippen LogP) is 8.66. The van der Waals surface area contributed by atoms with E-state index >= 15 is 0 Å². The first-order valence-electron chi connectivity index (χ1n) is 17.0. The summed E-state index contributed by atoms with van der Waals surface area (Å²) in [5.74, 6) is 4.71. The fourth-order valence-electron chi connectivity index (χ4n) is 5.25. The number of rotatable bonds is 22. The molecule has 3 aromatic carbocycles. The highest BCUT2D eigenvalue weighted by molar-refractivity contribution is 5.35. The molecule has 0 radical (unpaired) electrons. The van der Waals surface area contributed by atoms with Crippen molar-refractivity contribution in [2.75, 3.05) is 33.5 Å². The summed E-state index contributed by atoms with van der Waals surface area (Å²) in [6, 6.07) is 23.3. The zero-order chi connectivity index (χ0) is 34.5. The van der Waals surface area contributed by atoms with Gasteiger partial charge in [-0.3, -0.25) is 0 Å². The molecular formula is C39H58O8. The maximum absolute atomic E-state index is 9.96. The Balaban J connectivity index is 0.00000376. The first kappa shape index (κ1) is 39.6. The van der Waals surface area contributed by atoms with E-state index in [4.69, 9.17) is 33.5 Å². The number of hydrogen-bond acceptors (Lipinski definition) is 8. The molecule has 0 saturated carbocycles. The van der Waals surface area contributed by atoms with E-state index in [1.807, 2.05) is 79.7 Å². The van der Waals surface area contributed by atoms with Crippen LogP contribution in [0.2, 0.25) is 0 Å². The lowest BCUT2D eigenvalue weighted by Crippen LogP contribution is -2.37. The van der Waals surface area contributed by atoms with Gasteiger partial charge in [-0.15, -0.1) is 0 Å². The lowest BCUT2D eigenvalue weighted by atomic mass is 9.90. The van der Waals surface area contributed by atoms with Crippen molar-refractivity contribution in [3.63, 3.8) is 0 Å². The minimum atomic E-state index is -0.422. The summed E-state index contributed by atoms with van der Waals surface area (Å²) in [5.41, 5.74) is -0.676. The van der Waals surface area contributed by atoms with Crippen LogP contribution in [0.3, 0.4) is 0 Å². The highest BCUT2D eigenvalue weighted by atomic mass is 16.5. The van der Waals surface area contributed by atoms with Crippen LogP contribution in [0.15, 0.2) is 72.8 Å². The molecule has 3 aromatic rings. The van der Waals surface area contributed by atoms with Crippen LogP contribution in [0.5, 0.6) is 34.5 Å². The van der Waals surface area contributed by atoms with Gasteiger partial charge in [0.2, 0.25) is 0 Å². The van der Waals surface area contributed by atoms with Gasteiger partial charge in [0.05, 0.1) is 32.5 Å². The van der Waals surface area contributed by atoms with Crippen molar-refractivity contribution < 1.29 is 38.6 Å². The van der Waals surface area contributed by atoms with E-state index in [1.54, 1.807) is 6.92 Å². The summed E-state index contributed by atoms with van der Waals surface area (Å²) in [4.78, 5) is 0. The number of aliphatic hydroxyl groups excluding tert-OH is 2. The number of benzene rings is 3. The molecule has 8 nitrogen and oxygen atoms in total. The van der Waals surface area contributed by atoms with Gasteiger partial charge in [-0.1, -0.05) is 39.0 Å². The third-order valence-electron chi connectivity index (χ3n) is 8.07. The molecule has 3 rings (SSSR count). The molecule has 0 saturated heterocycles. The van der Waals surface area contributed by atoms with Gasteiger partial charge in [-0.05, 0) is 89.3 Å². The Morgan fingerprint density at radius 1 is 0.596 bits per heavy atom. The van der Waals surface area contributed by atoms with Gasteiger partial charge in [-0.2, -0.15) is 0 Å². The van der Waals surface area contributed by atoms with Crippen LogP contribution in [0.1, 0.15) is 86.5 Å². The molecular weight excluding hydrogens is 596 g/mol. The molecule has 0 aliphatic carbocycles. The fourth-order valence-corrected chi connectivity index (χ4v) is 5.25. The van der Waals surface area contributed by atoms with E-state index in [0.717, 1.165) is 80.1 Å². The van der Waals surface area contributed by atoms with Crippen LogP contribution in [0, 0.1) is 0 Å². The van der Waals surface area contributed by atoms with E-state index in [0.29, 0.717) is 32.8 Å². The van der Waals surface area contributed by atoms with Crippen LogP contribution in [0.25, 0.3) is 0 Å². The summed E-state index contributed by atoms with van der Waals surface area (Å²) in [5, 5.41) is 17.0. The third kappa shape index (κ3) is 14.4. The minimum Gasteiger partial charge on any atom is -0.494 e. The molecule has 0 aromatic heterocycles. The van der Waals surface area contributed by atoms with E-state index in [2.05, 4.69) is 27.7 Å². The van der Waals surface area contributed by atoms with Crippen molar-refractivity contribution in [2.24, 2.45) is 0 Å². The van der Waals surface area contributed by atoms with Crippen molar-refractivity contribution in [3.05, 3.63) is 72.8 Å². The molecule has 262 valence electrons. The molecule has 8 heteroatoms. The highest BCUT2D eigenvalue weighted by Gasteiger charge is 2.30. The first-order valence-corrected chi connectivity index (χ1v) is 17.0. The van der Waals surface area contributed by atoms with Gasteiger partial charge in [0, 0.05) is 38.2 Å². The standard InChI is InChI=1S/C38H54O7.CH4O/c1-7-37(6,44-35-20-12-16-31(27-35)40-10-4)22-14-23-41-32-17-11-18-33(26-32)42-24-15-25-43-34-19-13-21-36(28-34)45-38(8-2,9-3)29-30(5)39;1-2/h11-13,16-21,26-28,30,39H,7-10,14-15,22-25,29H2,1-6H3;2H,1H3. The summed E-state index contributed by atoms with van der Waals surface area (Å²) in [7, 11) is 1.00. The average Bonchev–Trinajstić information content (AvgIpc) is 3.07. The Kier molecular flexibility index (Phi) is 17.9. The highest BCUT2D eigenvalue weighted by Crippen LogP contribution is 2.32. The molecule has 0 fully saturated rings. The van der Waals surface area contributed by atoms with Crippen molar-refractivity contribution in [3.8, 4) is 34.5 Å². The van der Waals surface area contributed by atoms with Gasteiger partial charge in [-0.25, -0.2) is 0 Å². The second-order valence-electron chi connectivity index (χ2n) is 11.8. The maximum Gasteiger partial charge on any atom is 0.123 e. The third-order valence-corrected chi connectivity index (χ3v) is 8.07. The Hall–Kier alpha value is -3.62. The summed E-state index contributed by atoms with van der Waals surface area (Å²) < 4.78 is 36.3. The molecule has 0 spiro atoms. The Bertz CT molecular complexity index is 1260. The van der Waals surface area contributed by atoms with Crippen molar-refractivity contribution in [2.45, 2.75) is 104 Å². The molecule has 47 heavy (non-hydrogen) atoms. The number of ether oxygens (including phenoxy) is 6. The van der Waals surface area contributed by atoms with Crippen molar-refractivity contribution >= 4 is 0 Å². The maximum atomic E-state index is 9.96. The van der Waals surface area contributed by atoms with Crippen LogP contribution in [-0.2, 0) is 0 Å². The van der Waals surface area contributed by atoms with E-state index in [9.17, 15) is 5.11 Å². The molecule has 0 bridgehead atoms. The van der Waals surface area contributed by atoms with Gasteiger partial charge in [0.1, 0.15) is 45.7 Å². The number of hydrogen-bond donors (Lipinski definition) is 2. The smallest absolute Gasteiger partial charge is 0.123 e. The zero-order valence-electron chi connectivity index (χ0n) is 29.6. The second-order valence-corrected chi connectivity index (χ2v) is 11.8. The van der Waals surface area contributed by atoms with Crippen molar-refractivity contribution in [1.82, 2.24) is 0 Å². The summed E-state index contributed by atoms with van der Waals surface area (Å²) in [6.07, 6.45) is 5.16. The molecule has 0 aliphatic heterocycles. The monoisotopic (exact) mass is 654 g/mol. The molecule has 0 heterocycles. The Morgan fingerprint density at radius 3 is 1.47 bits per heavy atom. The summed E-state index contributed by atoms with van der Waals surface area (Å²) in [6.45, 7) is 14.5. The van der Waals surface area contributed by atoms with Crippen molar-refractivity contribution in [1.29, 1.82) is 0 Å². The molecule has 2 atom stereocenters. The molecule has 2 N–H and O–H groups in total.